The molecule has 1 atom stereocenters. The highest BCUT2D eigenvalue weighted by Gasteiger charge is 2.30. The molecule has 2 aromatic rings. The van der Waals surface area contributed by atoms with Crippen molar-refractivity contribution < 1.29 is 4.52 Å². The fourth-order valence-corrected chi connectivity index (χ4v) is 3.99. The van der Waals surface area contributed by atoms with Crippen molar-refractivity contribution in [1.29, 1.82) is 0 Å². The van der Waals surface area contributed by atoms with Gasteiger partial charge in [-0.15, -0.1) is 11.3 Å². The van der Waals surface area contributed by atoms with E-state index in [0.29, 0.717) is 6.04 Å². The molecule has 1 aliphatic heterocycles. The minimum Gasteiger partial charge on any atom is -0.361 e. The molecule has 4 heteroatoms. The van der Waals surface area contributed by atoms with E-state index in [1.165, 1.54) is 34.7 Å². The number of nitrogens with zero attached hydrogens (tertiary/aromatic N) is 2. The average Bonchev–Trinajstić information content (AvgIpc) is 3.04. The second-order valence-electron chi connectivity index (χ2n) is 5.38. The van der Waals surface area contributed by atoms with Gasteiger partial charge in [0.1, 0.15) is 5.76 Å². The molecule has 2 aromatic heterocycles. The maximum absolute atomic E-state index is 5.34. The summed E-state index contributed by atoms with van der Waals surface area (Å²) < 4.78 is 5.34. The quantitative estimate of drug-likeness (QED) is 0.848. The molecular formula is C15H20N2OS. The molecule has 1 saturated heterocycles. The van der Waals surface area contributed by atoms with Crippen LogP contribution in [0.2, 0.25) is 0 Å². The van der Waals surface area contributed by atoms with Gasteiger partial charge in [-0.2, -0.15) is 0 Å². The van der Waals surface area contributed by atoms with Crippen molar-refractivity contribution in [3.05, 3.63) is 38.9 Å². The van der Waals surface area contributed by atoms with Gasteiger partial charge in [-0.1, -0.05) is 5.16 Å². The highest BCUT2D eigenvalue weighted by molar-refractivity contribution is 7.11. The van der Waals surface area contributed by atoms with Crippen LogP contribution >= 0.6 is 11.3 Å². The summed E-state index contributed by atoms with van der Waals surface area (Å²) in [5.74, 6) is 0.983. The lowest BCUT2D eigenvalue weighted by Crippen LogP contribution is -2.23. The first-order valence-electron chi connectivity index (χ1n) is 6.87. The minimum atomic E-state index is 0.480. The number of hydrogen-bond acceptors (Lipinski definition) is 4. The van der Waals surface area contributed by atoms with Gasteiger partial charge in [0.2, 0.25) is 0 Å². The Labute approximate surface area is 118 Å². The van der Waals surface area contributed by atoms with Crippen LogP contribution < -0.4 is 0 Å². The van der Waals surface area contributed by atoms with Gasteiger partial charge in [0, 0.05) is 27.9 Å². The van der Waals surface area contributed by atoms with Crippen molar-refractivity contribution in [3.63, 3.8) is 0 Å². The summed E-state index contributed by atoms with van der Waals surface area (Å²) in [7, 11) is 0. The summed E-state index contributed by atoms with van der Waals surface area (Å²) in [6.07, 6.45) is 2.48. The number of thiophene rings is 1. The molecule has 0 N–H and O–H groups in total. The second kappa shape index (κ2) is 5.10. The van der Waals surface area contributed by atoms with E-state index in [0.717, 1.165) is 18.0 Å². The zero-order valence-corrected chi connectivity index (χ0v) is 12.6. The molecule has 1 fully saturated rings. The fraction of sp³-hybridized carbons (Fsp3) is 0.533. The predicted molar refractivity (Wildman–Crippen MR) is 77.4 cm³/mol. The van der Waals surface area contributed by atoms with E-state index >= 15 is 0 Å². The maximum Gasteiger partial charge on any atom is 0.138 e. The Morgan fingerprint density at radius 2 is 2.21 bits per heavy atom. The normalized spacial score (nSPS) is 20.3. The van der Waals surface area contributed by atoms with Crippen LogP contribution in [0, 0.1) is 20.8 Å². The molecule has 3 rings (SSSR count). The predicted octanol–water partition coefficient (Wildman–Crippen LogP) is 4.00. The molecule has 0 bridgehead atoms. The van der Waals surface area contributed by atoms with Crippen LogP contribution in [0.4, 0.5) is 0 Å². The maximum atomic E-state index is 5.34. The molecule has 3 nitrogen and oxygen atoms in total. The molecule has 0 amide bonds. The lowest BCUT2D eigenvalue weighted by molar-refractivity contribution is 0.248. The molecule has 19 heavy (non-hydrogen) atoms. The Morgan fingerprint density at radius 1 is 1.37 bits per heavy atom. The summed E-state index contributed by atoms with van der Waals surface area (Å²) in [5.41, 5.74) is 2.36. The highest BCUT2D eigenvalue weighted by Crippen LogP contribution is 2.37. The van der Waals surface area contributed by atoms with Crippen molar-refractivity contribution in [2.24, 2.45) is 0 Å². The molecule has 0 saturated carbocycles. The molecule has 0 aliphatic carbocycles. The molecular weight excluding hydrogens is 256 g/mol. The van der Waals surface area contributed by atoms with Gasteiger partial charge < -0.3 is 4.52 Å². The largest absolute Gasteiger partial charge is 0.361 e. The van der Waals surface area contributed by atoms with Crippen molar-refractivity contribution in [2.75, 3.05) is 6.54 Å². The van der Waals surface area contributed by atoms with Crippen LogP contribution in [0.5, 0.6) is 0 Å². The molecule has 0 radical (unpaired) electrons. The van der Waals surface area contributed by atoms with Crippen LogP contribution in [0.3, 0.4) is 0 Å². The zero-order chi connectivity index (χ0) is 13.4. The number of likely N-dealkylation sites (tertiary alicyclic amines) is 1. The SMILES string of the molecule is Cc1ccc(CN2CCC[C@H]2c2c(C)noc2C)s1. The third-order valence-electron chi connectivity index (χ3n) is 3.94. The highest BCUT2D eigenvalue weighted by atomic mass is 32.1. The van der Waals surface area contributed by atoms with Gasteiger partial charge in [-0.05, 0) is 52.3 Å². The van der Waals surface area contributed by atoms with Crippen molar-refractivity contribution in [2.45, 2.75) is 46.2 Å². The van der Waals surface area contributed by atoms with E-state index in [4.69, 9.17) is 4.52 Å². The van der Waals surface area contributed by atoms with E-state index in [1.54, 1.807) is 0 Å². The smallest absolute Gasteiger partial charge is 0.138 e. The number of aryl methyl sites for hydroxylation is 3. The molecule has 0 unspecified atom stereocenters. The van der Waals surface area contributed by atoms with Crippen LogP contribution in [0.1, 0.15) is 45.7 Å². The van der Waals surface area contributed by atoms with Crippen molar-refractivity contribution >= 4 is 11.3 Å². The lowest BCUT2D eigenvalue weighted by Gasteiger charge is -2.23. The van der Waals surface area contributed by atoms with E-state index < -0.39 is 0 Å². The molecule has 102 valence electrons. The fourth-order valence-electron chi connectivity index (χ4n) is 3.08. The second-order valence-corrected chi connectivity index (χ2v) is 6.75. The Hall–Kier alpha value is -1.13. The summed E-state index contributed by atoms with van der Waals surface area (Å²) >= 11 is 1.90. The summed E-state index contributed by atoms with van der Waals surface area (Å²) in [6.45, 7) is 8.47. The standard InChI is InChI=1S/C15H20N2OS/c1-10-6-7-13(19-10)9-17-8-4-5-14(17)15-11(2)16-18-12(15)3/h6-7,14H,4-5,8-9H2,1-3H3/t14-/m0/s1. The van der Waals surface area contributed by atoms with Gasteiger partial charge in [-0.25, -0.2) is 0 Å². The zero-order valence-electron chi connectivity index (χ0n) is 11.8. The molecule has 1 aliphatic rings. The van der Waals surface area contributed by atoms with Crippen LogP contribution in [-0.4, -0.2) is 16.6 Å². The number of hydrogen-bond donors (Lipinski definition) is 0. The van der Waals surface area contributed by atoms with E-state index in [9.17, 15) is 0 Å². The van der Waals surface area contributed by atoms with Crippen molar-refractivity contribution in [3.8, 4) is 0 Å². The molecule has 3 heterocycles. The Morgan fingerprint density at radius 3 is 2.84 bits per heavy atom. The summed E-state index contributed by atoms with van der Waals surface area (Å²) in [5, 5.41) is 4.11. The minimum absolute atomic E-state index is 0.480. The Bertz CT molecular complexity index is 553. The average molecular weight is 276 g/mol. The van der Waals surface area contributed by atoms with Gasteiger partial charge in [-0.3, -0.25) is 4.90 Å². The third kappa shape index (κ3) is 2.47. The van der Waals surface area contributed by atoms with Gasteiger partial charge in [0.15, 0.2) is 0 Å². The van der Waals surface area contributed by atoms with Crippen molar-refractivity contribution in [1.82, 2.24) is 10.1 Å². The molecule has 0 aromatic carbocycles. The van der Waals surface area contributed by atoms with Gasteiger partial charge in [0.05, 0.1) is 5.69 Å². The number of rotatable bonds is 3. The first-order valence-corrected chi connectivity index (χ1v) is 7.69. The van der Waals surface area contributed by atoms with Crippen LogP contribution in [-0.2, 0) is 6.54 Å². The Balaban J connectivity index is 1.82. The molecule has 0 spiro atoms. The summed E-state index contributed by atoms with van der Waals surface area (Å²) in [4.78, 5) is 5.41. The van der Waals surface area contributed by atoms with E-state index in [1.807, 2.05) is 18.3 Å². The lowest BCUT2D eigenvalue weighted by atomic mass is 10.0. The third-order valence-corrected chi connectivity index (χ3v) is 4.93. The monoisotopic (exact) mass is 276 g/mol. The number of aromatic nitrogens is 1. The van der Waals surface area contributed by atoms with Gasteiger partial charge >= 0.3 is 0 Å². The first kappa shape index (κ1) is 12.9. The summed E-state index contributed by atoms with van der Waals surface area (Å²) in [6, 6.07) is 4.94. The van der Waals surface area contributed by atoms with E-state index in [2.05, 4.69) is 36.0 Å². The first-order chi connectivity index (χ1) is 9.15. The van der Waals surface area contributed by atoms with Crippen LogP contribution in [0.25, 0.3) is 0 Å². The van der Waals surface area contributed by atoms with E-state index in [-0.39, 0.29) is 0 Å². The Kier molecular flexibility index (Phi) is 3.46. The van der Waals surface area contributed by atoms with Crippen LogP contribution in [0.15, 0.2) is 16.7 Å². The van der Waals surface area contributed by atoms with Gasteiger partial charge in [0.25, 0.3) is 0 Å². The topological polar surface area (TPSA) is 29.3 Å².